The molecule has 2 aromatic rings. The van der Waals surface area contributed by atoms with Crippen molar-refractivity contribution >= 4 is 41.8 Å². The lowest BCUT2D eigenvalue weighted by molar-refractivity contribution is -0.155. The van der Waals surface area contributed by atoms with Gasteiger partial charge < -0.3 is 25.3 Å². The van der Waals surface area contributed by atoms with Crippen LogP contribution in [0.4, 0.5) is 33.2 Å². The first-order valence-electron chi connectivity index (χ1n) is 14.9. The number of carbonyl (C=O) groups is 4. The lowest BCUT2D eigenvalue weighted by atomic mass is 9.91. The fraction of sp³-hybridized carbons (Fsp3) is 0.515. The first-order chi connectivity index (χ1) is 21.7. The Morgan fingerprint density at radius 3 is 1.83 bits per heavy atom. The summed E-state index contributed by atoms with van der Waals surface area (Å²) in [5, 5.41) is 2.62. The van der Waals surface area contributed by atoms with Crippen LogP contribution in [0, 0.1) is 5.41 Å². The molecule has 15 heteroatoms. The Kier molecular flexibility index (Phi) is 12.5. The van der Waals surface area contributed by atoms with Gasteiger partial charge in [0.1, 0.15) is 17.8 Å². The SMILES string of the molecule is CC(C)(C)OC(=O)N(Cc1cccc(SNC(=O)NC(C)(COC(=O)C(C)(C)C)c2cccc(C(F)(F)F)c2)c1N)C(=O)OC(C)(C)C. The van der Waals surface area contributed by atoms with Crippen LogP contribution in [0.2, 0.25) is 0 Å². The second kappa shape index (κ2) is 15.0. The molecule has 0 bridgehead atoms. The fourth-order valence-corrected chi connectivity index (χ4v) is 4.50. The number of ether oxygens (including phenoxy) is 3. The van der Waals surface area contributed by atoms with Gasteiger partial charge in [-0.1, -0.05) is 24.3 Å². The molecule has 11 nitrogen and oxygen atoms in total. The predicted molar refractivity (Wildman–Crippen MR) is 176 cm³/mol. The molecule has 0 aliphatic carbocycles. The van der Waals surface area contributed by atoms with Crippen molar-refractivity contribution in [1.29, 1.82) is 0 Å². The van der Waals surface area contributed by atoms with Crippen molar-refractivity contribution in [3.63, 3.8) is 0 Å². The Morgan fingerprint density at radius 1 is 0.812 bits per heavy atom. The number of esters is 1. The van der Waals surface area contributed by atoms with Crippen LogP contribution < -0.4 is 15.8 Å². The van der Waals surface area contributed by atoms with E-state index in [-0.39, 0.29) is 17.8 Å². The Balaban J connectivity index is 2.32. The normalized spacial score (nSPS) is 13.5. The molecule has 4 amide bonds. The van der Waals surface area contributed by atoms with Crippen molar-refractivity contribution in [3.8, 4) is 0 Å². The second-order valence-electron chi connectivity index (χ2n) is 14.3. The zero-order valence-corrected chi connectivity index (χ0v) is 29.7. The largest absolute Gasteiger partial charge is 0.462 e. The standard InChI is InChI=1S/C33H45F3N4O7S/c1-29(2,3)25(41)45-19-32(10,21-14-12-15-22(17-21)33(34,35)36)38-26(42)39-48-23-16-11-13-20(24(23)37)18-40(27(43)46-30(4,5)6)28(44)47-31(7,8)9/h11-17H,18-19,37H2,1-10H3,(H2,38,39,42). The number of para-hydroxylation sites is 1. The van der Waals surface area contributed by atoms with E-state index in [0.717, 1.165) is 29.0 Å². The third-order valence-corrected chi connectivity index (χ3v) is 7.15. The smallest absolute Gasteiger partial charge is 0.420 e. The van der Waals surface area contributed by atoms with Gasteiger partial charge in [0.2, 0.25) is 0 Å². The van der Waals surface area contributed by atoms with E-state index < -0.39 is 64.7 Å². The summed E-state index contributed by atoms with van der Waals surface area (Å²) < 4.78 is 59.3. The number of urea groups is 1. The molecule has 0 aliphatic rings. The molecule has 0 heterocycles. The number of halogens is 3. The van der Waals surface area contributed by atoms with E-state index in [1.807, 2.05) is 0 Å². The van der Waals surface area contributed by atoms with Crippen LogP contribution in [-0.2, 0) is 37.3 Å². The van der Waals surface area contributed by atoms with E-state index >= 15 is 0 Å². The lowest BCUT2D eigenvalue weighted by Gasteiger charge is -2.32. The zero-order chi connectivity index (χ0) is 36.9. The van der Waals surface area contributed by atoms with Crippen molar-refractivity contribution in [3.05, 3.63) is 59.2 Å². The van der Waals surface area contributed by atoms with E-state index in [2.05, 4.69) is 10.0 Å². The summed E-state index contributed by atoms with van der Waals surface area (Å²) in [7, 11) is 0. The van der Waals surface area contributed by atoms with Gasteiger partial charge in [-0.3, -0.25) is 9.52 Å². The summed E-state index contributed by atoms with van der Waals surface area (Å²) in [4.78, 5) is 52.7. The molecule has 2 aromatic carbocycles. The quantitative estimate of drug-likeness (QED) is 0.109. The number of nitrogens with zero attached hydrogens (tertiary/aromatic N) is 1. The van der Waals surface area contributed by atoms with Gasteiger partial charge in [0.25, 0.3) is 0 Å². The first kappa shape index (κ1) is 40.0. The van der Waals surface area contributed by atoms with Gasteiger partial charge in [-0.15, -0.1) is 0 Å². The minimum atomic E-state index is -4.65. The average molecular weight is 699 g/mol. The van der Waals surface area contributed by atoms with Crippen LogP contribution in [0.15, 0.2) is 47.4 Å². The van der Waals surface area contributed by atoms with Gasteiger partial charge in [0.15, 0.2) is 0 Å². The highest BCUT2D eigenvalue weighted by atomic mass is 32.2. The molecule has 1 unspecified atom stereocenters. The van der Waals surface area contributed by atoms with Gasteiger partial charge in [-0.25, -0.2) is 19.3 Å². The topological polar surface area (TPSA) is 149 Å². The monoisotopic (exact) mass is 698 g/mol. The van der Waals surface area contributed by atoms with Gasteiger partial charge in [0.05, 0.1) is 33.6 Å². The highest BCUT2D eigenvalue weighted by molar-refractivity contribution is 7.98. The van der Waals surface area contributed by atoms with Crippen LogP contribution in [0.25, 0.3) is 0 Å². The number of nitrogens with one attached hydrogen (secondary N) is 2. The number of hydrogen-bond donors (Lipinski definition) is 3. The molecule has 0 spiro atoms. The van der Waals surface area contributed by atoms with E-state index in [0.29, 0.717) is 10.5 Å². The molecular formula is C33H45F3N4O7S. The van der Waals surface area contributed by atoms with Gasteiger partial charge in [-0.2, -0.15) is 13.2 Å². The van der Waals surface area contributed by atoms with Crippen molar-refractivity contribution in [1.82, 2.24) is 14.9 Å². The number of carbonyl (C=O) groups excluding carboxylic acids is 4. The van der Waals surface area contributed by atoms with E-state index in [1.165, 1.54) is 19.1 Å². The van der Waals surface area contributed by atoms with Crippen LogP contribution in [0.5, 0.6) is 0 Å². The number of alkyl halides is 3. The number of rotatable bonds is 8. The van der Waals surface area contributed by atoms with E-state index in [4.69, 9.17) is 19.9 Å². The number of benzene rings is 2. The number of nitrogen functional groups attached to an aromatic ring is 1. The summed E-state index contributed by atoms with van der Waals surface area (Å²) in [5.41, 5.74) is 1.64. The fourth-order valence-electron chi connectivity index (χ4n) is 3.86. The van der Waals surface area contributed by atoms with Crippen LogP contribution >= 0.6 is 11.9 Å². The third kappa shape index (κ3) is 12.1. The zero-order valence-electron chi connectivity index (χ0n) is 28.9. The molecule has 266 valence electrons. The minimum absolute atomic E-state index is 0.0464. The summed E-state index contributed by atoms with van der Waals surface area (Å²) in [6.07, 6.45) is -6.55. The summed E-state index contributed by atoms with van der Waals surface area (Å²) in [6.45, 7) is 15.4. The Hall–Kier alpha value is -4.14. The lowest BCUT2D eigenvalue weighted by Crippen LogP contribution is -2.50. The molecule has 2 rings (SSSR count). The number of amides is 4. The summed E-state index contributed by atoms with van der Waals surface area (Å²) in [6, 6.07) is 8.26. The molecular weight excluding hydrogens is 653 g/mol. The molecule has 0 saturated heterocycles. The second-order valence-corrected chi connectivity index (χ2v) is 15.1. The van der Waals surface area contributed by atoms with Crippen molar-refractivity contribution < 1.29 is 46.6 Å². The van der Waals surface area contributed by atoms with E-state index in [9.17, 15) is 32.3 Å². The summed E-state index contributed by atoms with van der Waals surface area (Å²) >= 11 is 0.779. The number of hydrogen-bond acceptors (Lipinski definition) is 9. The third-order valence-electron chi connectivity index (χ3n) is 6.29. The molecule has 48 heavy (non-hydrogen) atoms. The van der Waals surface area contributed by atoms with Gasteiger partial charge >= 0.3 is 30.4 Å². The molecule has 0 radical (unpaired) electrons. The van der Waals surface area contributed by atoms with Gasteiger partial charge in [0, 0.05) is 0 Å². The van der Waals surface area contributed by atoms with Crippen molar-refractivity contribution in [2.24, 2.45) is 5.41 Å². The maximum absolute atomic E-state index is 13.5. The predicted octanol–water partition coefficient (Wildman–Crippen LogP) is 7.77. The maximum atomic E-state index is 13.5. The highest BCUT2D eigenvalue weighted by Crippen LogP contribution is 2.33. The molecule has 0 aliphatic heterocycles. The highest BCUT2D eigenvalue weighted by Gasteiger charge is 2.37. The molecule has 0 fully saturated rings. The van der Waals surface area contributed by atoms with E-state index in [1.54, 1.807) is 80.5 Å². The molecule has 0 saturated carbocycles. The van der Waals surface area contributed by atoms with Crippen LogP contribution in [-0.4, -0.2) is 46.9 Å². The number of imide groups is 1. The Labute approximate surface area is 283 Å². The molecule has 1 atom stereocenters. The first-order valence-corrected chi connectivity index (χ1v) is 15.7. The molecule has 4 N–H and O–H groups in total. The maximum Gasteiger partial charge on any atom is 0.420 e. The average Bonchev–Trinajstić information content (AvgIpc) is 2.91. The minimum Gasteiger partial charge on any atom is -0.462 e. The van der Waals surface area contributed by atoms with Gasteiger partial charge in [-0.05, 0) is 111 Å². The van der Waals surface area contributed by atoms with Crippen molar-refractivity contribution in [2.45, 2.75) is 104 Å². The number of nitrogens with two attached hydrogens (primary N) is 1. The van der Waals surface area contributed by atoms with Crippen LogP contribution in [0.3, 0.4) is 0 Å². The Bertz CT molecular complexity index is 1470. The molecule has 0 aromatic heterocycles. The number of anilines is 1. The van der Waals surface area contributed by atoms with Crippen LogP contribution in [0.1, 0.15) is 85.9 Å². The van der Waals surface area contributed by atoms with Crippen molar-refractivity contribution in [2.75, 3.05) is 12.3 Å². The summed E-state index contributed by atoms with van der Waals surface area (Å²) in [5.74, 6) is -0.617. The Morgan fingerprint density at radius 2 is 1.33 bits per heavy atom.